The number of hydrogen-bond donors (Lipinski definition) is 2. The highest BCUT2D eigenvalue weighted by Crippen LogP contribution is 2.16. The lowest BCUT2D eigenvalue weighted by Crippen LogP contribution is -2.36. The minimum atomic E-state index is -0.167. The first-order chi connectivity index (χ1) is 10.2. The average Bonchev–Trinajstić information content (AvgIpc) is 2.94. The van der Waals surface area contributed by atoms with Crippen molar-refractivity contribution in [1.29, 1.82) is 0 Å². The molecule has 0 amide bonds. The van der Waals surface area contributed by atoms with E-state index in [2.05, 4.69) is 22.1 Å². The number of nitrogens with one attached hydrogen (secondary N) is 1. The van der Waals surface area contributed by atoms with Gasteiger partial charge in [0.25, 0.3) is 0 Å². The first kappa shape index (κ1) is 19.2. The zero-order chi connectivity index (χ0) is 15.1. The van der Waals surface area contributed by atoms with Crippen molar-refractivity contribution < 1.29 is 4.39 Å². The number of aliphatic imine (C=N–C) groups is 1. The topological polar surface area (TPSA) is 53.6 Å². The summed E-state index contributed by atoms with van der Waals surface area (Å²) >= 11 is 0. The number of benzene rings is 1. The molecule has 0 spiro atoms. The molecule has 1 saturated heterocycles. The van der Waals surface area contributed by atoms with Gasteiger partial charge in [0.2, 0.25) is 0 Å². The van der Waals surface area contributed by atoms with Crippen LogP contribution in [-0.2, 0) is 6.42 Å². The van der Waals surface area contributed by atoms with Crippen molar-refractivity contribution in [2.24, 2.45) is 10.7 Å². The third-order valence-corrected chi connectivity index (χ3v) is 4.04. The van der Waals surface area contributed by atoms with Gasteiger partial charge in [0, 0.05) is 12.6 Å². The summed E-state index contributed by atoms with van der Waals surface area (Å²) < 4.78 is 13.5. The van der Waals surface area contributed by atoms with Crippen molar-refractivity contribution in [2.45, 2.75) is 32.2 Å². The summed E-state index contributed by atoms with van der Waals surface area (Å²) in [5.74, 6) is 0.286. The first-order valence-electron chi connectivity index (χ1n) is 7.72. The fourth-order valence-corrected chi connectivity index (χ4v) is 2.80. The summed E-state index contributed by atoms with van der Waals surface area (Å²) in [6.45, 7) is 5.75. The molecule has 1 aliphatic rings. The van der Waals surface area contributed by atoms with Gasteiger partial charge in [-0.25, -0.2) is 4.39 Å². The first-order valence-corrected chi connectivity index (χ1v) is 7.72. The van der Waals surface area contributed by atoms with E-state index >= 15 is 0 Å². The van der Waals surface area contributed by atoms with Crippen molar-refractivity contribution in [1.82, 2.24) is 10.2 Å². The number of halogens is 2. The second kappa shape index (κ2) is 9.99. The molecule has 6 heteroatoms. The number of likely N-dealkylation sites (tertiary alicyclic amines) is 1. The van der Waals surface area contributed by atoms with Crippen molar-refractivity contribution in [3.8, 4) is 0 Å². The molecule has 4 nitrogen and oxygen atoms in total. The molecule has 0 radical (unpaired) electrons. The van der Waals surface area contributed by atoms with Crippen LogP contribution in [0.2, 0.25) is 0 Å². The third kappa shape index (κ3) is 5.72. The number of rotatable bonds is 6. The molecular weight excluding hydrogens is 394 g/mol. The van der Waals surface area contributed by atoms with Gasteiger partial charge >= 0.3 is 0 Å². The number of hydrogen-bond acceptors (Lipinski definition) is 2. The Morgan fingerprint density at radius 3 is 2.95 bits per heavy atom. The van der Waals surface area contributed by atoms with E-state index in [1.54, 1.807) is 12.1 Å². The quantitative estimate of drug-likeness (QED) is 0.422. The van der Waals surface area contributed by atoms with Gasteiger partial charge < -0.3 is 11.1 Å². The van der Waals surface area contributed by atoms with Crippen LogP contribution in [0.15, 0.2) is 29.3 Å². The molecule has 22 heavy (non-hydrogen) atoms. The van der Waals surface area contributed by atoms with Gasteiger partial charge in [-0.1, -0.05) is 25.1 Å². The van der Waals surface area contributed by atoms with Gasteiger partial charge in [-0.2, -0.15) is 0 Å². The van der Waals surface area contributed by atoms with Crippen molar-refractivity contribution >= 4 is 29.9 Å². The lowest BCUT2D eigenvalue weighted by Gasteiger charge is -2.20. The fourth-order valence-electron chi connectivity index (χ4n) is 2.80. The number of guanidine groups is 1. The van der Waals surface area contributed by atoms with Gasteiger partial charge in [-0.05, 0) is 44.0 Å². The lowest BCUT2D eigenvalue weighted by atomic mass is 10.1. The Hall–Kier alpha value is -0.890. The van der Waals surface area contributed by atoms with E-state index in [1.165, 1.54) is 18.9 Å². The van der Waals surface area contributed by atoms with E-state index < -0.39 is 0 Å². The van der Waals surface area contributed by atoms with Crippen LogP contribution >= 0.6 is 24.0 Å². The molecule has 124 valence electrons. The lowest BCUT2D eigenvalue weighted by molar-refractivity contribution is 0.273. The Balaban J connectivity index is 0.00000242. The molecule has 3 N–H and O–H groups in total. The van der Waals surface area contributed by atoms with Crippen LogP contribution in [0.3, 0.4) is 0 Å². The van der Waals surface area contributed by atoms with Crippen molar-refractivity contribution in [3.05, 3.63) is 35.6 Å². The molecule has 1 aromatic carbocycles. The summed E-state index contributed by atoms with van der Waals surface area (Å²) in [6, 6.07) is 7.33. The van der Waals surface area contributed by atoms with E-state index in [0.29, 0.717) is 30.5 Å². The van der Waals surface area contributed by atoms with E-state index in [-0.39, 0.29) is 29.8 Å². The van der Waals surface area contributed by atoms with Crippen LogP contribution in [0.1, 0.15) is 25.3 Å². The Labute approximate surface area is 149 Å². The molecule has 1 fully saturated rings. The molecule has 1 aromatic rings. The Bertz CT molecular complexity index is 481. The average molecular weight is 420 g/mol. The second-order valence-corrected chi connectivity index (χ2v) is 5.42. The highest BCUT2D eigenvalue weighted by Gasteiger charge is 2.22. The normalized spacial score (nSPS) is 19.0. The third-order valence-electron chi connectivity index (χ3n) is 4.04. The van der Waals surface area contributed by atoms with Gasteiger partial charge in [-0.15, -0.1) is 24.0 Å². The molecule has 0 bridgehead atoms. The number of likely N-dealkylation sites (N-methyl/N-ethyl adjacent to an activating group) is 1. The molecule has 2 rings (SSSR count). The Morgan fingerprint density at radius 2 is 2.23 bits per heavy atom. The maximum Gasteiger partial charge on any atom is 0.188 e. The van der Waals surface area contributed by atoms with Crippen molar-refractivity contribution in [3.63, 3.8) is 0 Å². The van der Waals surface area contributed by atoms with Gasteiger partial charge in [-0.3, -0.25) is 9.89 Å². The van der Waals surface area contributed by atoms with Gasteiger partial charge in [0.1, 0.15) is 5.82 Å². The van der Waals surface area contributed by atoms with E-state index in [9.17, 15) is 4.39 Å². The van der Waals surface area contributed by atoms with E-state index in [1.807, 2.05) is 6.07 Å². The summed E-state index contributed by atoms with van der Waals surface area (Å²) in [5.41, 5.74) is 6.57. The smallest absolute Gasteiger partial charge is 0.188 e. The van der Waals surface area contributed by atoms with Crippen LogP contribution in [0.4, 0.5) is 4.39 Å². The van der Waals surface area contributed by atoms with Crippen LogP contribution in [0.5, 0.6) is 0 Å². The SMILES string of the molecule is CCN1CCCC1CN=C(N)NCCc1ccccc1F.I. The van der Waals surface area contributed by atoms with Crippen molar-refractivity contribution in [2.75, 3.05) is 26.2 Å². The number of nitrogens with zero attached hydrogens (tertiary/aromatic N) is 2. The maximum absolute atomic E-state index is 13.5. The Morgan fingerprint density at radius 1 is 1.45 bits per heavy atom. The van der Waals surface area contributed by atoms with Crippen LogP contribution in [-0.4, -0.2) is 43.1 Å². The van der Waals surface area contributed by atoms with Crippen LogP contribution in [0, 0.1) is 5.82 Å². The Kier molecular flexibility index (Phi) is 8.70. The molecule has 0 aliphatic carbocycles. The molecule has 1 heterocycles. The van der Waals surface area contributed by atoms with Crippen LogP contribution in [0.25, 0.3) is 0 Å². The fraction of sp³-hybridized carbons (Fsp3) is 0.562. The molecule has 1 atom stereocenters. The minimum absolute atomic E-state index is 0. The minimum Gasteiger partial charge on any atom is -0.370 e. The summed E-state index contributed by atoms with van der Waals surface area (Å²) in [5, 5.41) is 3.06. The molecule has 0 aromatic heterocycles. The van der Waals surface area contributed by atoms with E-state index in [4.69, 9.17) is 5.73 Å². The molecular formula is C16H26FIN4. The monoisotopic (exact) mass is 420 g/mol. The maximum atomic E-state index is 13.5. The standard InChI is InChI=1S/C16H25FN4.HI/c1-2-21-11-5-7-14(21)12-20-16(18)19-10-9-13-6-3-4-8-15(13)17;/h3-4,6,8,14H,2,5,7,9-12H2,1H3,(H3,18,19,20);1H. The zero-order valence-electron chi connectivity index (χ0n) is 13.1. The predicted octanol–water partition coefficient (Wildman–Crippen LogP) is 2.37. The molecule has 0 saturated carbocycles. The van der Waals surface area contributed by atoms with Gasteiger partial charge in [0.15, 0.2) is 5.96 Å². The molecule has 1 unspecified atom stereocenters. The highest BCUT2D eigenvalue weighted by atomic mass is 127. The number of nitrogens with two attached hydrogens (primary N) is 1. The largest absolute Gasteiger partial charge is 0.370 e. The summed E-state index contributed by atoms with van der Waals surface area (Å²) in [6.07, 6.45) is 3.04. The summed E-state index contributed by atoms with van der Waals surface area (Å²) in [7, 11) is 0. The summed E-state index contributed by atoms with van der Waals surface area (Å²) in [4.78, 5) is 6.85. The van der Waals surface area contributed by atoms with E-state index in [0.717, 1.165) is 19.6 Å². The second-order valence-electron chi connectivity index (χ2n) is 5.42. The highest BCUT2D eigenvalue weighted by molar-refractivity contribution is 14.0. The van der Waals surface area contributed by atoms with Gasteiger partial charge in [0.05, 0.1) is 6.54 Å². The predicted molar refractivity (Wildman–Crippen MR) is 100 cm³/mol. The molecule has 1 aliphatic heterocycles. The van der Waals surface area contributed by atoms with Crippen LogP contribution < -0.4 is 11.1 Å². The zero-order valence-corrected chi connectivity index (χ0v) is 15.4.